The van der Waals surface area contributed by atoms with Gasteiger partial charge in [0.1, 0.15) is 12.1 Å². The van der Waals surface area contributed by atoms with Crippen LogP contribution in [0.3, 0.4) is 0 Å². The Hall–Kier alpha value is -2.83. The molecule has 0 fully saturated rings. The number of esters is 1. The fourth-order valence-electron chi connectivity index (χ4n) is 2.52. The summed E-state index contributed by atoms with van der Waals surface area (Å²) < 4.78 is 4.59. The minimum Gasteiger partial charge on any atom is -0.467 e. The van der Waals surface area contributed by atoms with E-state index >= 15 is 0 Å². The van der Waals surface area contributed by atoms with Crippen LogP contribution in [-0.2, 0) is 25.5 Å². The van der Waals surface area contributed by atoms with Crippen LogP contribution >= 0.6 is 0 Å². The van der Waals surface area contributed by atoms with E-state index in [9.17, 15) is 14.4 Å². The predicted molar refractivity (Wildman–Crippen MR) is 89.2 cm³/mol. The second-order valence-corrected chi connectivity index (χ2v) is 5.57. The molecule has 1 heterocycles. The molecule has 0 aliphatic heterocycles. The normalized spacial score (nSPS) is 13.1. The molecule has 2 rings (SSSR count). The molecule has 1 aromatic heterocycles. The minimum atomic E-state index is -0.790. The van der Waals surface area contributed by atoms with Gasteiger partial charge in [0.05, 0.1) is 7.11 Å². The number of rotatable bonds is 6. The zero-order valence-electron chi connectivity index (χ0n) is 13.9. The van der Waals surface area contributed by atoms with E-state index < -0.39 is 24.0 Å². The molecule has 2 aromatic rings. The maximum absolute atomic E-state index is 12.4. The molecule has 0 aliphatic rings. The van der Waals surface area contributed by atoms with Gasteiger partial charge in [0.25, 0.3) is 0 Å². The Morgan fingerprint density at radius 2 is 1.92 bits per heavy atom. The number of ether oxygens (including phenoxy) is 1. The number of hydrogen-bond acceptors (Lipinski definition) is 4. The van der Waals surface area contributed by atoms with Crippen LogP contribution in [0.15, 0.2) is 30.5 Å². The highest BCUT2D eigenvalue weighted by Crippen LogP contribution is 2.19. The molecular formula is C17H21N3O4. The molecule has 2 atom stereocenters. The lowest BCUT2D eigenvalue weighted by Gasteiger charge is -2.19. The Morgan fingerprint density at radius 1 is 1.21 bits per heavy atom. The number of amides is 2. The molecule has 0 aliphatic carbocycles. The molecule has 128 valence electrons. The van der Waals surface area contributed by atoms with Gasteiger partial charge >= 0.3 is 5.97 Å². The number of benzene rings is 1. The van der Waals surface area contributed by atoms with Crippen molar-refractivity contribution in [3.05, 3.63) is 36.0 Å². The number of aromatic amines is 1. The zero-order valence-corrected chi connectivity index (χ0v) is 13.9. The van der Waals surface area contributed by atoms with Gasteiger partial charge in [-0.05, 0) is 18.6 Å². The van der Waals surface area contributed by atoms with E-state index in [1.54, 1.807) is 0 Å². The van der Waals surface area contributed by atoms with Gasteiger partial charge in [0.2, 0.25) is 11.8 Å². The maximum atomic E-state index is 12.4. The van der Waals surface area contributed by atoms with Gasteiger partial charge in [-0.15, -0.1) is 0 Å². The van der Waals surface area contributed by atoms with Crippen molar-refractivity contribution >= 4 is 28.7 Å². The lowest BCUT2D eigenvalue weighted by atomic mass is 10.0. The number of fused-ring (bicyclic) bond motifs is 1. The van der Waals surface area contributed by atoms with E-state index in [4.69, 9.17) is 0 Å². The van der Waals surface area contributed by atoms with Crippen LogP contribution in [0.5, 0.6) is 0 Å². The Labute approximate surface area is 139 Å². The molecule has 0 saturated heterocycles. The van der Waals surface area contributed by atoms with Crippen molar-refractivity contribution in [1.29, 1.82) is 0 Å². The van der Waals surface area contributed by atoms with Crippen LogP contribution < -0.4 is 10.6 Å². The number of para-hydroxylation sites is 1. The number of methoxy groups -OCH3 is 1. The van der Waals surface area contributed by atoms with Gasteiger partial charge in [-0.1, -0.05) is 18.2 Å². The topological polar surface area (TPSA) is 100 Å². The van der Waals surface area contributed by atoms with Crippen molar-refractivity contribution in [1.82, 2.24) is 15.6 Å². The first kappa shape index (κ1) is 17.5. The summed E-state index contributed by atoms with van der Waals surface area (Å²) in [6.45, 7) is 2.87. The predicted octanol–water partition coefficient (Wildman–Crippen LogP) is 0.893. The SMILES string of the molecule is COC(=O)[C@@H](C)NC(=O)[C@@H](Cc1c[nH]c2ccccc12)NC(C)=O. The number of nitrogens with one attached hydrogen (secondary N) is 3. The summed E-state index contributed by atoms with van der Waals surface area (Å²) in [4.78, 5) is 38.5. The Morgan fingerprint density at radius 3 is 2.58 bits per heavy atom. The quantitative estimate of drug-likeness (QED) is 0.685. The maximum Gasteiger partial charge on any atom is 0.328 e. The van der Waals surface area contributed by atoms with Crippen molar-refractivity contribution in [2.24, 2.45) is 0 Å². The minimum absolute atomic E-state index is 0.309. The highest BCUT2D eigenvalue weighted by atomic mass is 16.5. The summed E-state index contributed by atoms with van der Waals surface area (Å²) in [5.41, 5.74) is 1.86. The molecule has 2 amide bonds. The second kappa shape index (κ2) is 7.63. The van der Waals surface area contributed by atoms with Crippen molar-refractivity contribution < 1.29 is 19.1 Å². The first-order chi connectivity index (χ1) is 11.4. The summed E-state index contributed by atoms with van der Waals surface area (Å²) >= 11 is 0. The van der Waals surface area contributed by atoms with E-state index in [0.717, 1.165) is 16.5 Å². The molecule has 1 aromatic carbocycles. The molecule has 0 unspecified atom stereocenters. The van der Waals surface area contributed by atoms with Crippen LogP contribution in [0.4, 0.5) is 0 Å². The summed E-state index contributed by atoms with van der Waals surface area (Å²) in [6, 6.07) is 6.13. The van der Waals surface area contributed by atoms with Gasteiger partial charge in [0, 0.05) is 30.4 Å². The average molecular weight is 331 g/mol. The van der Waals surface area contributed by atoms with E-state index in [2.05, 4.69) is 20.4 Å². The largest absolute Gasteiger partial charge is 0.467 e. The third-order valence-corrected chi connectivity index (χ3v) is 3.71. The van der Waals surface area contributed by atoms with E-state index in [0.29, 0.717) is 6.42 Å². The lowest BCUT2D eigenvalue weighted by molar-refractivity contribution is -0.144. The molecule has 0 saturated carbocycles. The highest BCUT2D eigenvalue weighted by molar-refractivity contribution is 5.91. The molecular weight excluding hydrogens is 310 g/mol. The molecule has 0 bridgehead atoms. The van der Waals surface area contributed by atoms with E-state index in [-0.39, 0.29) is 5.91 Å². The molecule has 7 heteroatoms. The van der Waals surface area contributed by atoms with Gasteiger partial charge < -0.3 is 20.4 Å². The fourth-order valence-corrected chi connectivity index (χ4v) is 2.52. The van der Waals surface area contributed by atoms with Crippen LogP contribution in [0.25, 0.3) is 10.9 Å². The highest BCUT2D eigenvalue weighted by Gasteiger charge is 2.25. The monoisotopic (exact) mass is 331 g/mol. The number of aromatic nitrogens is 1. The Bertz CT molecular complexity index is 753. The number of carbonyl (C=O) groups is 3. The smallest absolute Gasteiger partial charge is 0.328 e. The molecule has 0 spiro atoms. The zero-order chi connectivity index (χ0) is 17.7. The van der Waals surface area contributed by atoms with Gasteiger partial charge in [-0.2, -0.15) is 0 Å². The third-order valence-electron chi connectivity index (χ3n) is 3.71. The summed E-state index contributed by atoms with van der Waals surface area (Å²) in [7, 11) is 1.25. The molecule has 24 heavy (non-hydrogen) atoms. The van der Waals surface area contributed by atoms with Crippen molar-refractivity contribution in [3.8, 4) is 0 Å². The van der Waals surface area contributed by atoms with E-state index in [1.165, 1.54) is 21.0 Å². The van der Waals surface area contributed by atoms with Crippen LogP contribution in [0, 0.1) is 0 Å². The number of H-pyrrole nitrogens is 1. The fraction of sp³-hybridized carbons (Fsp3) is 0.353. The summed E-state index contributed by atoms with van der Waals surface area (Å²) in [5, 5.41) is 6.17. The van der Waals surface area contributed by atoms with E-state index in [1.807, 2.05) is 30.5 Å². The standard InChI is InChI=1S/C17H21N3O4/c1-10(17(23)24-3)19-16(22)15(20-11(2)21)8-12-9-18-14-7-5-4-6-13(12)14/h4-7,9-10,15,18H,8H2,1-3H3,(H,19,22)(H,20,21)/t10-,15-/m1/s1. The van der Waals surface area contributed by atoms with Gasteiger partial charge in [-0.3, -0.25) is 9.59 Å². The first-order valence-corrected chi connectivity index (χ1v) is 7.62. The second-order valence-electron chi connectivity index (χ2n) is 5.57. The van der Waals surface area contributed by atoms with Gasteiger partial charge in [-0.25, -0.2) is 4.79 Å². The van der Waals surface area contributed by atoms with Crippen LogP contribution in [0.1, 0.15) is 19.4 Å². The summed E-state index contributed by atoms with van der Waals surface area (Å²) in [5.74, 6) is -1.30. The van der Waals surface area contributed by atoms with Crippen molar-refractivity contribution in [2.45, 2.75) is 32.4 Å². The third kappa shape index (κ3) is 4.13. The Kier molecular flexibility index (Phi) is 5.57. The summed E-state index contributed by atoms with van der Waals surface area (Å²) in [6.07, 6.45) is 2.12. The van der Waals surface area contributed by atoms with Crippen LogP contribution in [0.2, 0.25) is 0 Å². The molecule has 7 nitrogen and oxygen atoms in total. The Balaban J connectivity index is 2.17. The number of carbonyl (C=O) groups excluding carboxylic acids is 3. The average Bonchev–Trinajstić information content (AvgIpc) is 2.96. The lowest BCUT2D eigenvalue weighted by Crippen LogP contribution is -2.51. The van der Waals surface area contributed by atoms with Crippen molar-refractivity contribution in [3.63, 3.8) is 0 Å². The van der Waals surface area contributed by atoms with Crippen LogP contribution in [-0.4, -0.2) is 42.0 Å². The molecule has 0 radical (unpaired) electrons. The number of hydrogen-bond donors (Lipinski definition) is 3. The first-order valence-electron chi connectivity index (χ1n) is 7.62. The van der Waals surface area contributed by atoms with Crippen molar-refractivity contribution in [2.75, 3.05) is 7.11 Å². The molecule has 3 N–H and O–H groups in total. The van der Waals surface area contributed by atoms with Gasteiger partial charge in [0.15, 0.2) is 0 Å².